The Bertz CT molecular complexity index is 1080. The summed E-state index contributed by atoms with van der Waals surface area (Å²) in [5.41, 5.74) is 1.47. The predicted molar refractivity (Wildman–Crippen MR) is 185 cm³/mol. The SMILES string of the molecule is Cc1cc(O)ccc1O.Cc1cc(OC(=O)CCCCCBr)ccc1OC(=O)CCCCCBr.O=C(Cl)CCCCCBr. The highest BCUT2D eigenvalue weighted by Gasteiger charge is 2.10. The summed E-state index contributed by atoms with van der Waals surface area (Å²) in [6.07, 6.45) is 10.3. The maximum Gasteiger partial charge on any atom is 0.311 e. The van der Waals surface area contributed by atoms with Gasteiger partial charge in [-0.15, -0.1) is 0 Å². The number of phenols is 2. The maximum atomic E-state index is 11.8. The predicted octanol–water partition coefficient (Wildman–Crippen LogP) is 9.83. The molecule has 2 N–H and O–H groups in total. The molecule has 0 atom stereocenters. The van der Waals surface area contributed by atoms with E-state index in [0.29, 0.717) is 36.3 Å². The van der Waals surface area contributed by atoms with Crippen molar-refractivity contribution in [1.29, 1.82) is 0 Å². The first-order valence-corrected chi connectivity index (χ1v) is 18.1. The van der Waals surface area contributed by atoms with Crippen LogP contribution in [0.1, 0.15) is 88.2 Å². The number of unbranched alkanes of at least 4 members (excludes halogenated alkanes) is 6. The molecule has 0 bridgehead atoms. The molecule has 0 heterocycles. The second-order valence-corrected chi connectivity index (χ2v) is 12.5. The fourth-order valence-electron chi connectivity index (χ4n) is 3.41. The van der Waals surface area contributed by atoms with Crippen LogP contribution in [0.2, 0.25) is 0 Å². The molecule has 2 aromatic rings. The standard InChI is InChI=1S/C19H26Br2O4.C7H8O2.C6H10BrClO/c1-15-14-16(24-18(22)8-4-2-6-12-20)10-11-17(15)25-19(23)9-5-3-7-13-21;1-5-4-6(8)2-3-7(5)9;7-5-3-1-2-4-6(8)9/h10-11,14H,2-9,12-13H2,1H3;2-4,8-9H,1H3;1-5H2. The van der Waals surface area contributed by atoms with E-state index in [-0.39, 0.29) is 28.7 Å². The number of phenolic OH excluding ortho intramolecular Hbond substituents is 2. The molecule has 0 aromatic heterocycles. The van der Waals surface area contributed by atoms with Gasteiger partial charge in [-0.25, -0.2) is 0 Å². The number of halogens is 4. The monoisotopic (exact) mass is 812 g/mol. The Hall–Kier alpha value is -1.62. The van der Waals surface area contributed by atoms with Crippen molar-refractivity contribution in [2.24, 2.45) is 0 Å². The molecule has 0 radical (unpaired) electrons. The number of aryl methyl sites for hydroxylation is 2. The fraction of sp³-hybridized carbons (Fsp3) is 0.531. The summed E-state index contributed by atoms with van der Waals surface area (Å²) in [6, 6.07) is 9.49. The zero-order chi connectivity index (χ0) is 32.5. The number of esters is 2. The van der Waals surface area contributed by atoms with Gasteiger partial charge in [0.1, 0.15) is 23.0 Å². The molecular weight excluding hydrogens is 772 g/mol. The Morgan fingerprint density at radius 1 is 0.651 bits per heavy atom. The van der Waals surface area contributed by atoms with Gasteiger partial charge >= 0.3 is 11.9 Å². The molecule has 0 amide bonds. The summed E-state index contributed by atoms with van der Waals surface area (Å²) in [4.78, 5) is 33.8. The minimum Gasteiger partial charge on any atom is -0.508 e. The molecule has 0 spiro atoms. The van der Waals surface area contributed by atoms with Crippen LogP contribution in [0.4, 0.5) is 0 Å². The smallest absolute Gasteiger partial charge is 0.311 e. The molecule has 11 heteroatoms. The van der Waals surface area contributed by atoms with Crippen LogP contribution in [-0.4, -0.2) is 43.4 Å². The molecular formula is C32H44Br3ClO7. The third-order valence-electron chi connectivity index (χ3n) is 5.82. The first-order chi connectivity index (χ1) is 20.5. The molecule has 43 heavy (non-hydrogen) atoms. The third-order valence-corrected chi connectivity index (χ3v) is 7.69. The number of hydrogen-bond acceptors (Lipinski definition) is 7. The van der Waals surface area contributed by atoms with Crippen LogP contribution in [0.3, 0.4) is 0 Å². The van der Waals surface area contributed by atoms with Crippen molar-refractivity contribution in [3.8, 4) is 23.0 Å². The van der Waals surface area contributed by atoms with Gasteiger partial charge in [0.25, 0.3) is 0 Å². The lowest BCUT2D eigenvalue weighted by Gasteiger charge is -2.10. The van der Waals surface area contributed by atoms with Crippen molar-refractivity contribution in [2.45, 2.75) is 90.9 Å². The van der Waals surface area contributed by atoms with Gasteiger partial charge in [-0.3, -0.25) is 14.4 Å². The highest BCUT2D eigenvalue weighted by molar-refractivity contribution is 9.09. The molecule has 0 fully saturated rings. The van der Waals surface area contributed by atoms with Gasteiger partial charge in [-0.1, -0.05) is 67.1 Å². The normalized spacial score (nSPS) is 10.1. The summed E-state index contributed by atoms with van der Waals surface area (Å²) < 4.78 is 10.7. The first-order valence-electron chi connectivity index (χ1n) is 14.4. The molecule has 242 valence electrons. The number of aromatic hydroxyl groups is 2. The van der Waals surface area contributed by atoms with Crippen LogP contribution < -0.4 is 9.47 Å². The van der Waals surface area contributed by atoms with Crippen molar-refractivity contribution in [2.75, 3.05) is 16.0 Å². The first kappa shape index (κ1) is 41.4. The Kier molecular flexibility index (Phi) is 25.7. The number of rotatable bonds is 17. The van der Waals surface area contributed by atoms with Crippen molar-refractivity contribution in [3.63, 3.8) is 0 Å². The van der Waals surface area contributed by atoms with E-state index in [1.807, 2.05) is 6.92 Å². The average molecular weight is 816 g/mol. The van der Waals surface area contributed by atoms with Crippen molar-refractivity contribution < 1.29 is 34.1 Å². The lowest BCUT2D eigenvalue weighted by molar-refractivity contribution is -0.135. The van der Waals surface area contributed by atoms with Crippen LogP contribution in [0.15, 0.2) is 36.4 Å². The summed E-state index contributed by atoms with van der Waals surface area (Å²) in [6.45, 7) is 3.57. The van der Waals surface area contributed by atoms with Gasteiger partial charge < -0.3 is 19.7 Å². The van der Waals surface area contributed by atoms with E-state index in [9.17, 15) is 14.4 Å². The van der Waals surface area contributed by atoms with Gasteiger partial charge in [-0.05, 0) is 111 Å². The summed E-state index contributed by atoms with van der Waals surface area (Å²) in [7, 11) is 0. The van der Waals surface area contributed by atoms with Gasteiger partial charge in [-0.2, -0.15) is 0 Å². The average Bonchev–Trinajstić information content (AvgIpc) is 2.96. The van der Waals surface area contributed by atoms with E-state index in [1.54, 1.807) is 25.1 Å². The van der Waals surface area contributed by atoms with E-state index in [1.165, 1.54) is 18.2 Å². The second kappa shape index (κ2) is 26.8. The van der Waals surface area contributed by atoms with E-state index >= 15 is 0 Å². The molecule has 2 aromatic carbocycles. The molecule has 0 aliphatic carbocycles. The number of benzene rings is 2. The number of alkyl halides is 3. The molecule has 2 rings (SSSR count). The van der Waals surface area contributed by atoms with E-state index in [4.69, 9.17) is 31.3 Å². The summed E-state index contributed by atoms with van der Waals surface area (Å²) in [5, 5.41) is 20.5. The lowest BCUT2D eigenvalue weighted by atomic mass is 10.2. The van der Waals surface area contributed by atoms with Crippen molar-refractivity contribution in [3.05, 3.63) is 47.5 Å². The maximum absolute atomic E-state index is 11.8. The van der Waals surface area contributed by atoms with Crippen molar-refractivity contribution in [1.82, 2.24) is 0 Å². The van der Waals surface area contributed by atoms with Gasteiger partial charge in [0.05, 0.1) is 0 Å². The third kappa shape index (κ3) is 23.4. The molecule has 0 unspecified atom stereocenters. The second-order valence-electron chi connectivity index (χ2n) is 9.70. The van der Waals surface area contributed by atoms with Crippen LogP contribution in [0, 0.1) is 13.8 Å². The highest BCUT2D eigenvalue weighted by atomic mass is 79.9. The molecule has 0 aliphatic rings. The van der Waals surface area contributed by atoms with Gasteiger partial charge in [0.15, 0.2) is 0 Å². The van der Waals surface area contributed by atoms with Gasteiger partial charge in [0, 0.05) is 35.3 Å². The minimum absolute atomic E-state index is 0.185. The van der Waals surface area contributed by atoms with Gasteiger partial charge in [0.2, 0.25) is 5.24 Å². The Labute approximate surface area is 286 Å². The highest BCUT2D eigenvalue weighted by Crippen LogP contribution is 2.25. The Morgan fingerprint density at radius 3 is 1.60 bits per heavy atom. The van der Waals surface area contributed by atoms with Crippen molar-refractivity contribution >= 4 is 76.6 Å². The number of carbonyl (C=O) groups is 3. The topological polar surface area (TPSA) is 110 Å². The molecule has 0 saturated carbocycles. The van der Waals surface area contributed by atoms with Crippen LogP contribution in [0.25, 0.3) is 0 Å². The lowest BCUT2D eigenvalue weighted by Crippen LogP contribution is -2.10. The van der Waals surface area contributed by atoms with Crippen LogP contribution in [0.5, 0.6) is 23.0 Å². The van der Waals surface area contributed by atoms with E-state index in [2.05, 4.69) is 47.8 Å². The zero-order valence-corrected chi connectivity index (χ0v) is 30.5. The Balaban J connectivity index is 0.000000793. The number of carbonyl (C=O) groups excluding carboxylic acids is 3. The Morgan fingerprint density at radius 2 is 1.16 bits per heavy atom. The van der Waals surface area contributed by atoms with E-state index < -0.39 is 0 Å². The number of hydrogen-bond donors (Lipinski definition) is 2. The number of ether oxygens (including phenoxy) is 2. The molecule has 0 saturated heterocycles. The minimum atomic E-state index is -0.231. The summed E-state index contributed by atoms with van der Waals surface area (Å²) >= 11 is 15.1. The molecule has 7 nitrogen and oxygen atoms in total. The fourth-order valence-corrected chi connectivity index (χ4v) is 4.74. The van der Waals surface area contributed by atoms with Crippen LogP contribution >= 0.6 is 59.4 Å². The molecule has 0 aliphatic heterocycles. The zero-order valence-electron chi connectivity index (χ0n) is 25.0. The summed E-state index contributed by atoms with van der Waals surface area (Å²) in [5.74, 6) is 0.945. The van der Waals surface area contributed by atoms with Crippen LogP contribution in [-0.2, 0) is 14.4 Å². The largest absolute Gasteiger partial charge is 0.508 e. The quantitative estimate of drug-likeness (QED) is 0.0409. The van der Waals surface area contributed by atoms with E-state index in [0.717, 1.165) is 79.3 Å².